The number of rotatable bonds is 4. The molecule has 0 aliphatic heterocycles. The summed E-state index contributed by atoms with van der Waals surface area (Å²) in [5.74, 6) is 0.124. The lowest BCUT2D eigenvalue weighted by Crippen LogP contribution is -2.25. The molecule has 1 aromatic rings. The van der Waals surface area contributed by atoms with Crippen molar-refractivity contribution in [3.05, 3.63) is 33.8 Å². The highest BCUT2D eigenvalue weighted by atomic mass is 35.5. The fraction of sp³-hybridized carbons (Fsp3) is 0.417. The van der Waals surface area contributed by atoms with E-state index >= 15 is 0 Å². The molecule has 0 aliphatic carbocycles. The Labute approximate surface area is 106 Å². The number of halogens is 2. The standard InChI is InChI=1S/C12H15Cl2NO/c1-3-5-11(16)15(2)8-9-6-4-7-10(13)12(9)14/h4,6-7H,3,5,8H2,1-2H3. The van der Waals surface area contributed by atoms with Crippen LogP contribution in [0.1, 0.15) is 25.3 Å². The van der Waals surface area contributed by atoms with Crippen molar-refractivity contribution in [3.63, 3.8) is 0 Å². The lowest BCUT2D eigenvalue weighted by atomic mass is 10.2. The Morgan fingerprint density at radius 3 is 2.69 bits per heavy atom. The van der Waals surface area contributed by atoms with Crippen LogP contribution in [0.25, 0.3) is 0 Å². The lowest BCUT2D eigenvalue weighted by Gasteiger charge is -2.18. The van der Waals surface area contributed by atoms with Gasteiger partial charge >= 0.3 is 0 Å². The van der Waals surface area contributed by atoms with Gasteiger partial charge in [-0.3, -0.25) is 4.79 Å². The molecule has 0 N–H and O–H groups in total. The summed E-state index contributed by atoms with van der Waals surface area (Å²) in [6.45, 7) is 2.48. The zero-order chi connectivity index (χ0) is 12.1. The molecule has 0 fully saturated rings. The number of amides is 1. The molecule has 0 bridgehead atoms. The number of carbonyl (C=O) groups is 1. The molecule has 1 aromatic carbocycles. The third kappa shape index (κ3) is 3.39. The molecule has 1 rings (SSSR count). The van der Waals surface area contributed by atoms with Crippen LogP contribution in [-0.4, -0.2) is 17.9 Å². The van der Waals surface area contributed by atoms with E-state index in [0.29, 0.717) is 23.0 Å². The van der Waals surface area contributed by atoms with Crippen LogP contribution in [0.3, 0.4) is 0 Å². The van der Waals surface area contributed by atoms with Gasteiger partial charge in [-0.05, 0) is 18.1 Å². The molecule has 4 heteroatoms. The lowest BCUT2D eigenvalue weighted by molar-refractivity contribution is -0.130. The van der Waals surface area contributed by atoms with Gasteiger partial charge in [-0.25, -0.2) is 0 Å². The van der Waals surface area contributed by atoms with Crippen molar-refractivity contribution in [2.75, 3.05) is 7.05 Å². The van der Waals surface area contributed by atoms with Crippen molar-refractivity contribution in [2.24, 2.45) is 0 Å². The molecule has 0 heterocycles. The van der Waals surface area contributed by atoms with Crippen molar-refractivity contribution in [1.82, 2.24) is 4.90 Å². The molecule has 0 aromatic heterocycles. The first-order chi connectivity index (χ1) is 7.56. The maximum absolute atomic E-state index is 11.6. The van der Waals surface area contributed by atoms with Crippen molar-refractivity contribution in [3.8, 4) is 0 Å². The molecule has 16 heavy (non-hydrogen) atoms. The molecular weight excluding hydrogens is 245 g/mol. The highest BCUT2D eigenvalue weighted by Gasteiger charge is 2.11. The van der Waals surface area contributed by atoms with Crippen molar-refractivity contribution >= 4 is 29.1 Å². The molecule has 0 saturated heterocycles. The first-order valence-corrected chi connectivity index (χ1v) is 5.98. The van der Waals surface area contributed by atoms with E-state index in [1.54, 1.807) is 18.0 Å². The number of carbonyl (C=O) groups excluding carboxylic acids is 1. The van der Waals surface area contributed by atoms with Gasteiger partial charge in [0.1, 0.15) is 0 Å². The normalized spacial score (nSPS) is 10.2. The SMILES string of the molecule is CCCC(=O)N(C)Cc1cccc(Cl)c1Cl. The van der Waals surface area contributed by atoms with Gasteiger partial charge < -0.3 is 4.90 Å². The molecule has 2 nitrogen and oxygen atoms in total. The predicted octanol–water partition coefficient (Wildman–Crippen LogP) is 3.75. The van der Waals surface area contributed by atoms with Gasteiger partial charge in [0, 0.05) is 20.0 Å². The zero-order valence-electron chi connectivity index (χ0n) is 9.46. The fourth-order valence-electron chi connectivity index (χ4n) is 1.42. The van der Waals surface area contributed by atoms with Crippen molar-refractivity contribution < 1.29 is 4.79 Å². The third-order valence-electron chi connectivity index (χ3n) is 2.33. The van der Waals surface area contributed by atoms with Crippen LogP contribution in [-0.2, 0) is 11.3 Å². The molecule has 0 atom stereocenters. The summed E-state index contributed by atoms with van der Waals surface area (Å²) in [6.07, 6.45) is 1.42. The van der Waals surface area contributed by atoms with Gasteiger partial charge in [0.05, 0.1) is 10.0 Å². The van der Waals surface area contributed by atoms with Crippen LogP contribution >= 0.6 is 23.2 Å². The Morgan fingerprint density at radius 1 is 1.38 bits per heavy atom. The van der Waals surface area contributed by atoms with Crippen LogP contribution in [0, 0.1) is 0 Å². The number of hydrogen-bond acceptors (Lipinski definition) is 1. The van der Waals surface area contributed by atoms with Crippen LogP contribution in [0.5, 0.6) is 0 Å². The third-order valence-corrected chi connectivity index (χ3v) is 3.19. The average Bonchev–Trinajstić information content (AvgIpc) is 2.25. The van der Waals surface area contributed by atoms with Crippen molar-refractivity contribution in [2.45, 2.75) is 26.3 Å². The Bertz CT molecular complexity index is 379. The van der Waals surface area contributed by atoms with Gasteiger partial charge in [-0.15, -0.1) is 0 Å². The summed E-state index contributed by atoms with van der Waals surface area (Å²) in [4.78, 5) is 13.3. The van der Waals surface area contributed by atoms with E-state index in [0.717, 1.165) is 12.0 Å². The number of benzene rings is 1. The summed E-state index contributed by atoms with van der Waals surface area (Å²) >= 11 is 12.0. The molecule has 0 aliphatic rings. The first kappa shape index (κ1) is 13.3. The van der Waals surface area contributed by atoms with E-state index in [1.165, 1.54) is 0 Å². The maximum Gasteiger partial charge on any atom is 0.222 e. The summed E-state index contributed by atoms with van der Waals surface area (Å²) < 4.78 is 0. The Balaban J connectivity index is 2.73. The molecule has 0 saturated carbocycles. The second-order valence-corrected chi connectivity index (χ2v) is 4.50. The molecule has 0 radical (unpaired) electrons. The van der Waals surface area contributed by atoms with E-state index in [4.69, 9.17) is 23.2 Å². The van der Waals surface area contributed by atoms with E-state index in [-0.39, 0.29) is 5.91 Å². The zero-order valence-corrected chi connectivity index (χ0v) is 11.0. The molecule has 1 amide bonds. The fourth-order valence-corrected chi connectivity index (χ4v) is 1.80. The molecule has 0 unspecified atom stereocenters. The highest BCUT2D eigenvalue weighted by Crippen LogP contribution is 2.26. The van der Waals surface area contributed by atoms with Crippen LogP contribution < -0.4 is 0 Å². The van der Waals surface area contributed by atoms with Gasteiger partial charge in [-0.1, -0.05) is 42.3 Å². The molecule has 88 valence electrons. The number of hydrogen-bond donors (Lipinski definition) is 0. The Hall–Kier alpha value is -0.730. The van der Waals surface area contributed by atoms with Gasteiger partial charge in [0.15, 0.2) is 0 Å². The monoisotopic (exact) mass is 259 g/mol. The average molecular weight is 260 g/mol. The topological polar surface area (TPSA) is 20.3 Å². The quantitative estimate of drug-likeness (QED) is 0.807. The van der Waals surface area contributed by atoms with Crippen LogP contribution in [0.15, 0.2) is 18.2 Å². The van der Waals surface area contributed by atoms with Gasteiger partial charge in [-0.2, -0.15) is 0 Å². The first-order valence-electron chi connectivity index (χ1n) is 5.23. The molecule has 0 spiro atoms. The van der Waals surface area contributed by atoms with E-state index in [1.807, 2.05) is 19.1 Å². The Morgan fingerprint density at radius 2 is 2.06 bits per heavy atom. The smallest absolute Gasteiger partial charge is 0.222 e. The molecular formula is C12H15Cl2NO. The maximum atomic E-state index is 11.6. The number of nitrogens with zero attached hydrogens (tertiary/aromatic N) is 1. The van der Waals surface area contributed by atoms with Gasteiger partial charge in [0.25, 0.3) is 0 Å². The summed E-state index contributed by atoms with van der Waals surface area (Å²) in [5, 5.41) is 1.05. The Kier molecular flexibility index (Phi) is 5.10. The summed E-state index contributed by atoms with van der Waals surface area (Å²) in [7, 11) is 1.77. The summed E-state index contributed by atoms with van der Waals surface area (Å²) in [5.41, 5.74) is 0.876. The van der Waals surface area contributed by atoms with E-state index in [9.17, 15) is 4.79 Å². The minimum Gasteiger partial charge on any atom is -0.341 e. The summed E-state index contributed by atoms with van der Waals surface area (Å²) in [6, 6.07) is 5.45. The minimum absolute atomic E-state index is 0.124. The minimum atomic E-state index is 0.124. The van der Waals surface area contributed by atoms with E-state index < -0.39 is 0 Å². The highest BCUT2D eigenvalue weighted by molar-refractivity contribution is 6.42. The van der Waals surface area contributed by atoms with Crippen LogP contribution in [0.4, 0.5) is 0 Å². The predicted molar refractivity (Wildman–Crippen MR) is 67.8 cm³/mol. The largest absolute Gasteiger partial charge is 0.341 e. The second-order valence-electron chi connectivity index (χ2n) is 3.71. The van der Waals surface area contributed by atoms with Crippen LogP contribution in [0.2, 0.25) is 10.0 Å². The second kappa shape index (κ2) is 6.12. The van der Waals surface area contributed by atoms with E-state index in [2.05, 4.69) is 0 Å². The van der Waals surface area contributed by atoms with Gasteiger partial charge in [0.2, 0.25) is 5.91 Å². The van der Waals surface area contributed by atoms with Crippen molar-refractivity contribution in [1.29, 1.82) is 0 Å².